The number of carbonyl (C=O) groups excluding carboxylic acids is 1. The summed E-state index contributed by atoms with van der Waals surface area (Å²) in [6.45, 7) is 5.74. The van der Waals surface area contributed by atoms with Gasteiger partial charge in [-0.3, -0.25) is 4.79 Å². The zero-order chi connectivity index (χ0) is 15.9. The third-order valence-electron chi connectivity index (χ3n) is 3.89. The van der Waals surface area contributed by atoms with E-state index in [4.69, 9.17) is 0 Å². The number of amides is 1. The number of hydrogen-bond acceptors (Lipinski definition) is 1. The van der Waals surface area contributed by atoms with Crippen molar-refractivity contribution in [2.45, 2.75) is 20.8 Å². The van der Waals surface area contributed by atoms with Gasteiger partial charge in [-0.1, -0.05) is 12.1 Å². The van der Waals surface area contributed by atoms with Crippen molar-refractivity contribution in [3.05, 3.63) is 64.6 Å². The first kappa shape index (κ1) is 14.3. The van der Waals surface area contributed by atoms with Gasteiger partial charge in [0.2, 0.25) is 0 Å². The summed E-state index contributed by atoms with van der Waals surface area (Å²) in [4.78, 5) is 15.6. The van der Waals surface area contributed by atoms with Crippen molar-refractivity contribution in [2.75, 3.05) is 5.32 Å². The van der Waals surface area contributed by atoms with Gasteiger partial charge >= 0.3 is 0 Å². The second kappa shape index (κ2) is 5.30. The molecule has 0 aliphatic rings. The highest BCUT2D eigenvalue weighted by Crippen LogP contribution is 2.24. The van der Waals surface area contributed by atoms with Gasteiger partial charge in [-0.25, -0.2) is 4.39 Å². The minimum Gasteiger partial charge on any atom is -0.350 e. The van der Waals surface area contributed by atoms with E-state index < -0.39 is 0 Å². The fourth-order valence-electron chi connectivity index (χ4n) is 2.58. The number of fused-ring (bicyclic) bond motifs is 1. The lowest BCUT2D eigenvalue weighted by molar-refractivity contribution is 0.102. The van der Waals surface area contributed by atoms with Crippen molar-refractivity contribution in [3.8, 4) is 0 Å². The molecule has 112 valence electrons. The molecule has 0 saturated carbocycles. The molecule has 0 aliphatic carbocycles. The van der Waals surface area contributed by atoms with Gasteiger partial charge in [0, 0.05) is 16.6 Å². The topological polar surface area (TPSA) is 44.9 Å². The Balaban J connectivity index is 1.99. The Kier molecular flexibility index (Phi) is 3.45. The molecular weight excluding hydrogens is 279 g/mol. The predicted octanol–water partition coefficient (Wildman–Crippen LogP) is 4.48. The van der Waals surface area contributed by atoms with Crippen molar-refractivity contribution in [2.24, 2.45) is 0 Å². The fourth-order valence-corrected chi connectivity index (χ4v) is 2.58. The summed E-state index contributed by atoms with van der Waals surface area (Å²) in [6, 6.07) is 10.4. The number of aromatic nitrogens is 1. The third-order valence-corrected chi connectivity index (χ3v) is 3.89. The molecule has 0 unspecified atom stereocenters. The molecule has 3 rings (SSSR count). The van der Waals surface area contributed by atoms with Crippen LogP contribution in [-0.4, -0.2) is 10.9 Å². The van der Waals surface area contributed by atoms with Crippen molar-refractivity contribution in [1.82, 2.24) is 4.98 Å². The largest absolute Gasteiger partial charge is 0.350 e. The van der Waals surface area contributed by atoms with Gasteiger partial charge in [-0.05, 0) is 61.7 Å². The van der Waals surface area contributed by atoms with Gasteiger partial charge in [0.25, 0.3) is 5.91 Å². The van der Waals surface area contributed by atoms with Crippen molar-refractivity contribution < 1.29 is 9.18 Å². The maximum absolute atomic E-state index is 13.4. The van der Waals surface area contributed by atoms with Crippen LogP contribution < -0.4 is 5.32 Å². The maximum Gasteiger partial charge on any atom is 0.272 e. The Morgan fingerprint density at radius 3 is 2.64 bits per heavy atom. The average Bonchev–Trinajstić information content (AvgIpc) is 2.80. The number of aryl methyl sites for hydroxylation is 3. The highest BCUT2D eigenvalue weighted by molar-refractivity contribution is 6.08. The van der Waals surface area contributed by atoms with Crippen LogP contribution in [0.4, 0.5) is 10.1 Å². The van der Waals surface area contributed by atoms with Crippen molar-refractivity contribution >= 4 is 22.5 Å². The monoisotopic (exact) mass is 296 g/mol. The quantitative estimate of drug-likeness (QED) is 0.719. The standard InChI is InChI=1S/C18H17FN2O/c1-10-4-5-11(2)16(8-10)21-18(22)17-12(3)14-9-13(19)6-7-15(14)20-17/h4-9,20H,1-3H3,(H,21,22). The highest BCUT2D eigenvalue weighted by atomic mass is 19.1. The normalized spacial score (nSPS) is 10.9. The lowest BCUT2D eigenvalue weighted by Gasteiger charge is -2.09. The highest BCUT2D eigenvalue weighted by Gasteiger charge is 2.16. The molecule has 0 spiro atoms. The Hall–Kier alpha value is -2.62. The molecule has 1 amide bonds. The Morgan fingerprint density at radius 2 is 1.86 bits per heavy atom. The molecule has 1 aromatic heterocycles. The molecular formula is C18H17FN2O. The fraction of sp³-hybridized carbons (Fsp3) is 0.167. The molecule has 2 N–H and O–H groups in total. The Morgan fingerprint density at radius 1 is 1.09 bits per heavy atom. The Bertz CT molecular complexity index is 880. The number of nitrogens with one attached hydrogen (secondary N) is 2. The predicted molar refractivity (Wildman–Crippen MR) is 86.9 cm³/mol. The van der Waals surface area contributed by atoms with Crippen molar-refractivity contribution in [1.29, 1.82) is 0 Å². The number of carbonyl (C=O) groups is 1. The summed E-state index contributed by atoms with van der Waals surface area (Å²) in [5.74, 6) is -0.529. The van der Waals surface area contributed by atoms with E-state index in [0.717, 1.165) is 33.3 Å². The Labute approximate surface area is 128 Å². The van der Waals surface area contributed by atoms with Crippen LogP contribution >= 0.6 is 0 Å². The number of halogens is 1. The number of anilines is 1. The summed E-state index contributed by atoms with van der Waals surface area (Å²) in [5.41, 5.74) is 4.83. The lowest BCUT2D eigenvalue weighted by atomic mass is 10.1. The zero-order valence-corrected chi connectivity index (χ0v) is 12.8. The van der Waals surface area contributed by atoms with Crippen molar-refractivity contribution in [3.63, 3.8) is 0 Å². The molecule has 0 fully saturated rings. The maximum atomic E-state index is 13.4. The first-order valence-electron chi connectivity index (χ1n) is 7.12. The van der Waals surface area contributed by atoms with Gasteiger partial charge in [-0.15, -0.1) is 0 Å². The summed E-state index contributed by atoms with van der Waals surface area (Å²) in [6.07, 6.45) is 0. The summed E-state index contributed by atoms with van der Waals surface area (Å²) < 4.78 is 13.4. The minimum absolute atomic E-state index is 0.220. The number of benzene rings is 2. The number of H-pyrrole nitrogens is 1. The first-order chi connectivity index (χ1) is 10.5. The van der Waals surface area contributed by atoms with E-state index in [0.29, 0.717) is 5.69 Å². The molecule has 0 bridgehead atoms. The van der Waals surface area contributed by atoms with Gasteiger partial charge < -0.3 is 10.3 Å². The van der Waals surface area contributed by atoms with Crippen LogP contribution in [0, 0.1) is 26.6 Å². The van der Waals surface area contributed by atoms with E-state index >= 15 is 0 Å². The van der Waals surface area contributed by atoms with Crippen LogP contribution in [-0.2, 0) is 0 Å². The smallest absolute Gasteiger partial charge is 0.272 e. The lowest BCUT2D eigenvalue weighted by Crippen LogP contribution is -2.14. The van der Waals surface area contributed by atoms with Gasteiger partial charge in [0.1, 0.15) is 11.5 Å². The van der Waals surface area contributed by atoms with Crippen LogP contribution in [0.2, 0.25) is 0 Å². The first-order valence-corrected chi connectivity index (χ1v) is 7.12. The zero-order valence-electron chi connectivity index (χ0n) is 12.8. The van der Waals surface area contributed by atoms with Crippen LogP contribution in [0.3, 0.4) is 0 Å². The number of hydrogen-bond donors (Lipinski definition) is 2. The van der Waals surface area contributed by atoms with E-state index in [1.54, 1.807) is 6.07 Å². The van der Waals surface area contributed by atoms with E-state index in [-0.39, 0.29) is 11.7 Å². The summed E-state index contributed by atoms with van der Waals surface area (Å²) >= 11 is 0. The molecule has 3 nitrogen and oxygen atoms in total. The molecule has 22 heavy (non-hydrogen) atoms. The van der Waals surface area contributed by atoms with E-state index in [1.807, 2.05) is 39.0 Å². The van der Waals surface area contributed by atoms with E-state index in [9.17, 15) is 9.18 Å². The molecule has 1 heterocycles. The molecule has 0 atom stereocenters. The molecule has 0 saturated heterocycles. The van der Waals surface area contributed by atoms with E-state index in [1.165, 1.54) is 12.1 Å². The third kappa shape index (κ3) is 2.48. The van der Waals surface area contributed by atoms with Crippen LogP contribution in [0.1, 0.15) is 27.2 Å². The van der Waals surface area contributed by atoms with Crippen LogP contribution in [0.25, 0.3) is 10.9 Å². The van der Waals surface area contributed by atoms with E-state index in [2.05, 4.69) is 10.3 Å². The van der Waals surface area contributed by atoms with Crippen LogP contribution in [0.5, 0.6) is 0 Å². The molecule has 0 aliphatic heterocycles. The average molecular weight is 296 g/mol. The summed E-state index contributed by atoms with van der Waals surface area (Å²) in [7, 11) is 0. The minimum atomic E-state index is -0.309. The number of aromatic amines is 1. The second-order valence-corrected chi connectivity index (χ2v) is 5.59. The number of rotatable bonds is 2. The van der Waals surface area contributed by atoms with Gasteiger partial charge in [0.05, 0.1) is 0 Å². The molecule has 4 heteroatoms. The molecule has 2 aromatic carbocycles. The van der Waals surface area contributed by atoms with Gasteiger partial charge in [0.15, 0.2) is 0 Å². The molecule has 0 radical (unpaired) electrons. The SMILES string of the molecule is Cc1ccc(C)c(NC(=O)c2[nH]c3ccc(F)cc3c2C)c1. The summed E-state index contributed by atoms with van der Waals surface area (Å²) in [5, 5.41) is 3.65. The van der Waals surface area contributed by atoms with Crippen LogP contribution in [0.15, 0.2) is 36.4 Å². The second-order valence-electron chi connectivity index (χ2n) is 5.59. The van der Waals surface area contributed by atoms with Gasteiger partial charge in [-0.2, -0.15) is 0 Å². The molecule has 3 aromatic rings.